The number of anilines is 1. The van der Waals surface area contributed by atoms with Crippen LogP contribution in [-0.4, -0.2) is 26.9 Å². The smallest absolute Gasteiger partial charge is 0.335 e. The van der Waals surface area contributed by atoms with E-state index in [1.807, 2.05) is 0 Å². The summed E-state index contributed by atoms with van der Waals surface area (Å²) in [5.74, 6) is -1.92. The summed E-state index contributed by atoms with van der Waals surface area (Å²) in [6.07, 6.45) is 0. The van der Waals surface area contributed by atoms with Gasteiger partial charge in [-0.25, -0.2) is 9.18 Å². The quantitative estimate of drug-likeness (QED) is 0.849. The van der Waals surface area contributed by atoms with E-state index in [0.717, 1.165) is 0 Å². The molecule has 0 aromatic heterocycles. The molecule has 0 fully saturated rings. The summed E-state index contributed by atoms with van der Waals surface area (Å²) in [5.41, 5.74) is 1.26. The summed E-state index contributed by atoms with van der Waals surface area (Å²) < 4.78 is 24.7. The highest BCUT2D eigenvalue weighted by Gasteiger charge is 2.10. The molecule has 0 aliphatic heterocycles. The Hall–Kier alpha value is -2.54. The van der Waals surface area contributed by atoms with Crippen molar-refractivity contribution in [3.05, 3.63) is 65.5 Å². The number of hydrogen-bond acceptors (Lipinski definition) is 3. The molecule has 2 aromatic carbocycles. The molecule has 7 heteroatoms. The standard InChI is InChI=1S/C16H14FNO4S/c17-13-5-7-14(8-6-13)18-15(19)10-23(22)9-11-1-3-12(4-2-11)16(20)21/h1-8H,9-10H2,(H,18,19)(H,20,21). The monoisotopic (exact) mass is 335 g/mol. The van der Waals surface area contributed by atoms with Crippen molar-refractivity contribution in [1.82, 2.24) is 0 Å². The van der Waals surface area contributed by atoms with Gasteiger partial charge < -0.3 is 10.4 Å². The largest absolute Gasteiger partial charge is 0.478 e. The van der Waals surface area contributed by atoms with E-state index in [4.69, 9.17) is 5.11 Å². The number of carbonyl (C=O) groups is 2. The minimum absolute atomic E-state index is 0.147. The molecule has 23 heavy (non-hydrogen) atoms. The fourth-order valence-corrected chi connectivity index (χ4v) is 2.89. The number of amides is 1. The highest BCUT2D eigenvalue weighted by Crippen LogP contribution is 2.10. The number of halogens is 1. The minimum atomic E-state index is -1.43. The second-order valence-electron chi connectivity index (χ2n) is 4.79. The van der Waals surface area contributed by atoms with Gasteiger partial charge in [0.1, 0.15) is 11.6 Å². The van der Waals surface area contributed by atoms with Crippen LogP contribution in [0.1, 0.15) is 15.9 Å². The first-order valence-corrected chi connectivity index (χ1v) is 8.15. The van der Waals surface area contributed by atoms with Crippen LogP contribution in [0.2, 0.25) is 0 Å². The van der Waals surface area contributed by atoms with E-state index in [-0.39, 0.29) is 17.1 Å². The van der Waals surface area contributed by atoms with Gasteiger partial charge in [0.05, 0.1) is 5.56 Å². The molecular formula is C16H14FNO4S. The predicted molar refractivity (Wildman–Crippen MR) is 85.1 cm³/mol. The Morgan fingerprint density at radius 3 is 2.22 bits per heavy atom. The zero-order valence-corrected chi connectivity index (χ0v) is 12.8. The minimum Gasteiger partial charge on any atom is -0.478 e. The molecule has 0 radical (unpaired) electrons. The predicted octanol–water partition coefficient (Wildman–Crippen LogP) is 2.41. The Morgan fingerprint density at radius 2 is 1.65 bits per heavy atom. The van der Waals surface area contributed by atoms with Crippen molar-refractivity contribution < 1.29 is 23.3 Å². The van der Waals surface area contributed by atoms with Gasteiger partial charge in [-0.3, -0.25) is 9.00 Å². The molecule has 1 unspecified atom stereocenters. The van der Waals surface area contributed by atoms with Crippen LogP contribution in [-0.2, 0) is 21.3 Å². The number of carbonyl (C=O) groups excluding carboxylic acids is 1. The molecule has 0 saturated carbocycles. The second kappa shape index (κ2) is 7.64. The van der Waals surface area contributed by atoms with Crippen LogP contribution >= 0.6 is 0 Å². The average molecular weight is 335 g/mol. The fraction of sp³-hybridized carbons (Fsp3) is 0.125. The molecule has 2 rings (SSSR count). The van der Waals surface area contributed by atoms with E-state index in [1.165, 1.54) is 36.4 Å². The molecule has 0 heterocycles. The highest BCUT2D eigenvalue weighted by molar-refractivity contribution is 7.84. The summed E-state index contributed by atoms with van der Waals surface area (Å²) in [4.78, 5) is 22.5. The number of aromatic carboxylic acids is 1. The number of rotatable bonds is 6. The Kier molecular flexibility index (Phi) is 5.59. The van der Waals surface area contributed by atoms with Gasteiger partial charge in [-0.2, -0.15) is 0 Å². The molecule has 1 amide bonds. The molecular weight excluding hydrogens is 321 g/mol. The average Bonchev–Trinajstić information content (AvgIpc) is 2.50. The van der Waals surface area contributed by atoms with Gasteiger partial charge >= 0.3 is 5.97 Å². The summed E-state index contributed by atoms with van der Waals surface area (Å²) in [5, 5.41) is 11.3. The second-order valence-corrected chi connectivity index (χ2v) is 6.24. The van der Waals surface area contributed by atoms with Crippen LogP contribution < -0.4 is 5.32 Å². The zero-order valence-electron chi connectivity index (χ0n) is 12.0. The molecule has 2 N–H and O–H groups in total. The molecule has 0 aliphatic rings. The summed E-state index contributed by atoms with van der Waals surface area (Å²) in [6.45, 7) is 0. The molecule has 0 spiro atoms. The van der Waals surface area contributed by atoms with Gasteiger partial charge in [0.15, 0.2) is 0 Å². The van der Waals surface area contributed by atoms with Crippen LogP contribution in [0.15, 0.2) is 48.5 Å². The van der Waals surface area contributed by atoms with Crippen LogP contribution in [0.3, 0.4) is 0 Å². The lowest BCUT2D eigenvalue weighted by Gasteiger charge is -2.06. The number of benzene rings is 2. The third-order valence-electron chi connectivity index (χ3n) is 2.95. The normalized spacial score (nSPS) is 11.7. The number of nitrogens with one attached hydrogen (secondary N) is 1. The first-order valence-electron chi connectivity index (χ1n) is 6.66. The fourth-order valence-electron chi connectivity index (χ4n) is 1.86. The van der Waals surface area contributed by atoms with Crippen molar-refractivity contribution in [2.45, 2.75) is 5.75 Å². The lowest BCUT2D eigenvalue weighted by Crippen LogP contribution is -2.20. The molecule has 0 bridgehead atoms. The van der Waals surface area contributed by atoms with E-state index < -0.39 is 28.5 Å². The van der Waals surface area contributed by atoms with Gasteiger partial charge in [0.2, 0.25) is 5.91 Å². The van der Waals surface area contributed by atoms with Crippen LogP contribution in [0.5, 0.6) is 0 Å². The van der Waals surface area contributed by atoms with E-state index in [2.05, 4.69) is 5.32 Å². The van der Waals surface area contributed by atoms with E-state index in [0.29, 0.717) is 11.3 Å². The maximum atomic E-state index is 12.8. The van der Waals surface area contributed by atoms with E-state index in [1.54, 1.807) is 12.1 Å². The maximum absolute atomic E-state index is 12.8. The highest BCUT2D eigenvalue weighted by atomic mass is 32.2. The van der Waals surface area contributed by atoms with Gasteiger partial charge in [-0.1, -0.05) is 12.1 Å². The molecule has 1 atom stereocenters. The molecule has 120 valence electrons. The Labute approximate surface area is 134 Å². The summed E-state index contributed by atoms with van der Waals surface area (Å²) in [6, 6.07) is 11.3. The van der Waals surface area contributed by atoms with Crippen LogP contribution in [0.25, 0.3) is 0 Å². The van der Waals surface area contributed by atoms with Crippen molar-refractivity contribution in [3.63, 3.8) is 0 Å². The lowest BCUT2D eigenvalue weighted by atomic mass is 10.1. The Morgan fingerprint density at radius 1 is 1.04 bits per heavy atom. The Balaban J connectivity index is 1.87. The van der Waals surface area contributed by atoms with Crippen LogP contribution in [0.4, 0.5) is 10.1 Å². The first-order chi connectivity index (χ1) is 10.9. The van der Waals surface area contributed by atoms with Crippen molar-refractivity contribution in [2.24, 2.45) is 0 Å². The first kappa shape index (κ1) is 16.8. The maximum Gasteiger partial charge on any atom is 0.335 e. The van der Waals surface area contributed by atoms with Gasteiger partial charge in [-0.05, 0) is 42.0 Å². The van der Waals surface area contributed by atoms with Gasteiger partial charge in [-0.15, -0.1) is 0 Å². The third-order valence-corrected chi connectivity index (χ3v) is 4.19. The van der Waals surface area contributed by atoms with E-state index >= 15 is 0 Å². The van der Waals surface area contributed by atoms with Crippen molar-refractivity contribution in [1.29, 1.82) is 0 Å². The lowest BCUT2D eigenvalue weighted by molar-refractivity contribution is -0.113. The number of hydrogen-bond donors (Lipinski definition) is 2. The molecule has 2 aromatic rings. The number of carboxylic acids is 1. The summed E-state index contributed by atoms with van der Waals surface area (Å²) in [7, 11) is -1.43. The topological polar surface area (TPSA) is 83.5 Å². The van der Waals surface area contributed by atoms with Gasteiger partial charge in [0, 0.05) is 22.2 Å². The van der Waals surface area contributed by atoms with Crippen molar-refractivity contribution in [2.75, 3.05) is 11.1 Å². The van der Waals surface area contributed by atoms with Crippen molar-refractivity contribution >= 4 is 28.4 Å². The van der Waals surface area contributed by atoms with E-state index in [9.17, 15) is 18.2 Å². The molecule has 0 saturated heterocycles. The SMILES string of the molecule is O=C(CS(=O)Cc1ccc(C(=O)O)cc1)Nc1ccc(F)cc1. The zero-order chi connectivity index (χ0) is 16.8. The number of carboxylic acid groups (broad SMARTS) is 1. The Bertz CT molecular complexity index is 729. The third kappa shape index (κ3) is 5.30. The summed E-state index contributed by atoms with van der Waals surface area (Å²) >= 11 is 0. The molecule has 5 nitrogen and oxygen atoms in total. The van der Waals surface area contributed by atoms with Crippen LogP contribution in [0, 0.1) is 5.82 Å². The van der Waals surface area contributed by atoms with Crippen molar-refractivity contribution in [3.8, 4) is 0 Å². The van der Waals surface area contributed by atoms with Gasteiger partial charge in [0.25, 0.3) is 0 Å². The molecule has 0 aliphatic carbocycles.